The molecule has 3 aliphatic rings. The zero-order chi connectivity index (χ0) is 27.1. The maximum absolute atomic E-state index is 13.8. The molecule has 0 bridgehead atoms. The van der Waals surface area contributed by atoms with Gasteiger partial charge in [0.05, 0.1) is 12.6 Å². The van der Waals surface area contributed by atoms with Crippen molar-refractivity contribution in [3.8, 4) is 0 Å². The molecule has 2 heterocycles. The summed E-state index contributed by atoms with van der Waals surface area (Å²) in [6.07, 6.45) is 1.92. The fourth-order valence-electron chi connectivity index (χ4n) is 5.51. The van der Waals surface area contributed by atoms with Gasteiger partial charge >= 0.3 is 18.2 Å². The minimum Gasteiger partial charge on any atom is -0.480 e. The number of aliphatic carboxylic acids is 1. The van der Waals surface area contributed by atoms with Crippen molar-refractivity contribution in [3.63, 3.8) is 0 Å². The first-order valence-electron chi connectivity index (χ1n) is 12.6. The van der Waals surface area contributed by atoms with Crippen LogP contribution < -0.4 is 10.2 Å². The van der Waals surface area contributed by atoms with Gasteiger partial charge in [0.15, 0.2) is 5.60 Å². The van der Waals surface area contributed by atoms with Gasteiger partial charge in [-0.25, -0.2) is 14.4 Å². The second-order valence-electron chi connectivity index (χ2n) is 11.2. The SMILES string of the molecule is CC1N(c2cccc(Cl)c2)C(=O)O[C@]12C[C@@H](C(=O)O)N(C(=O)[C@@H](NC(=O)OC1CCCC1)C(C)(C)C)C2. The molecule has 1 unspecified atom stereocenters. The third-order valence-corrected chi connectivity index (χ3v) is 7.83. The molecule has 202 valence electrons. The molecule has 0 radical (unpaired) electrons. The maximum atomic E-state index is 13.8. The van der Waals surface area contributed by atoms with E-state index in [1.54, 1.807) is 52.0 Å². The molecular formula is C26H34ClN3O7. The van der Waals surface area contributed by atoms with Crippen molar-refractivity contribution >= 4 is 41.4 Å². The molecule has 1 spiro atoms. The summed E-state index contributed by atoms with van der Waals surface area (Å²) < 4.78 is 11.3. The minimum absolute atomic E-state index is 0.0819. The molecule has 4 rings (SSSR count). The first-order valence-corrected chi connectivity index (χ1v) is 13.0. The molecule has 2 N–H and O–H groups in total. The number of carbonyl (C=O) groups excluding carboxylic acids is 3. The van der Waals surface area contributed by atoms with Crippen LogP contribution in [0.2, 0.25) is 5.02 Å². The number of alkyl carbamates (subject to hydrolysis) is 1. The summed E-state index contributed by atoms with van der Waals surface area (Å²) in [5.74, 6) is -1.78. The molecule has 10 nitrogen and oxygen atoms in total. The number of amides is 3. The number of rotatable bonds is 5. The molecule has 1 aromatic carbocycles. The summed E-state index contributed by atoms with van der Waals surface area (Å²) in [5.41, 5.74) is -1.47. The molecule has 1 saturated carbocycles. The zero-order valence-electron chi connectivity index (χ0n) is 21.5. The molecule has 2 aliphatic heterocycles. The van der Waals surface area contributed by atoms with Gasteiger partial charge in [-0.1, -0.05) is 38.4 Å². The van der Waals surface area contributed by atoms with Crippen LogP contribution in [0.5, 0.6) is 0 Å². The molecule has 1 aliphatic carbocycles. The van der Waals surface area contributed by atoms with E-state index in [0.717, 1.165) is 25.7 Å². The highest BCUT2D eigenvalue weighted by Gasteiger charge is 2.61. The summed E-state index contributed by atoms with van der Waals surface area (Å²) >= 11 is 6.12. The van der Waals surface area contributed by atoms with Crippen LogP contribution >= 0.6 is 11.6 Å². The third kappa shape index (κ3) is 5.35. The van der Waals surface area contributed by atoms with Crippen LogP contribution in [0.15, 0.2) is 24.3 Å². The second kappa shape index (κ2) is 10.0. The predicted molar refractivity (Wildman–Crippen MR) is 135 cm³/mol. The largest absolute Gasteiger partial charge is 0.480 e. The second-order valence-corrected chi connectivity index (χ2v) is 11.7. The summed E-state index contributed by atoms with van der Waals surface area (Å²) in [4.78, 5) is 54.4. The fraction of sp³-hybridized carbons (Fsp3) is 0.615. The van der Waals surface area contributed by atoms with E-state index in [1.807, 2.05) is 0 Å². The highest BCUT2D eigenvalue weighted by molar-refractivity contribution is 6.30. The lowest BCUT2D eigenvalue weighted by molar-refractivity contribution is -0.150. The minimum atomic E-state index is -1.25. The van der Waals surface area contributed by atoms with Crippen molar-refractivity contribution in [1.29, 1.82) is 0 Å². The Hall–Kier alpha value is -3.01. The van der Waals surface area contributed by atoms with Gasteiger partial charge < -0.3 is 24.8 Å². The molecule has 0 aromatic heterocycles. The molecule has 11 heteroatoms. The van der Waals surface area contributed by atoms with Crippen LogP contribution in [0.3, 0.4) is 0 Å². The quantitative estimate of drug-likeness (QED) is 0.579. The van der Waals surface area contributed by atoms with E-state index in [4.69, 9.17) is 21.1 Å². The summed E-state index contributed by atoms with van der Waals surface area (Å²) in [6.45, 7) is 6.99. The monoisotopic (exact) mass is 535 g/mol. The van der Waals surface area contributed by atoms with Crippen molar-refractivity contribution in [2.24, 2.45) is 5.41 Å². The highest BCUT2D eigenvalue weighted by Crippen LogP contribution is 2.43. The van der Waals surface area contributed by atoms with Gasteiger partial charge in [0.2, 0.25) is 5.91 Å². The van der Waals surface area contributed by atoms with Crippen LogP contribution in [0.4, 0.5) is 15.3 Å². The number of anilines is 1. The van der Waals surface area contributed by atoms with Gasteiger partial charge in [0.1, 0.15) is 18.2 Å². The molecular weight excluding hydrogens is 502 g/mol. The van der Waals surface area contributed by atoms with E-state index in [1.165, 1.54) is 9.80 Å². The van der Waals surface area contributed by atoms with Gasteiger partial charge in [0, 0.05) is 17.1 Å². The average Bonchev–Trinajstić information content (AvgIpc) is 3.50. The van der Waals surface area contributed by atoms with Crippen molar-refractivity contribution in [1.82, 2.24) is 10.2 Å². The Bertz CT molecular complexity index is 1080. The maximum Gasteiger partial charge on any atom is 0.415 e. The number of nitrogens with one attached hydrogen (secondary N) is 1. The summed E-state index contributed by atoms with van der Waals surface area (Å²) in [7, 11) is 0. The number of hydrogen-bond donors (Lipinski definition) is 2. The fourth-order valence-corrected chi connectivity index (χ4v) is 5.69. The van der Waals surface area contributed by atoms with Gasteiger partial charge in [-0.3, -0.25) is 9.69 Å². The highest BCUT2D eigenvalue weighted by atomic mass is 35.5. The van der Waals surface area contributed by atoms with E-state index in [0.29, 0.717) is 10.7 Å². The Morgan fingerprint density at radius 1 is 1.24 bits per heavy atom. The zero-order valence-corrected chi connectivity index (χ0v) is 22.3. The third-order valence-electron chi connectivity index (χ3n) is 7.59. The predicted octanol–water partition coefficient (Wildman–Crippen LogP) is 4.19. The van der Waals surface area contributed by atoms with Crippen molar-refractivity contribution in [3.05, 3.63) is 29.3 Å². The van der Waals surface area contributed by atoms with Gasteiger partial charge in [0.25, 0.3) is 0 Å². The van der Waals surface area contributed by atoms with Crippen LogP contribution in [0, 0.1) is 5.41 Å². The number of carboxylic acids is 1. The summed E-state index contributed by atoms with van der Waals surface area (Å²) in [6, 6.07) is 3.87. The van der Waals surface area contributed by atoms with Crippen LogP contribution in [0.25, 0.3) is 0 Å². The van der Waals surface area contributed by atoms with Crippen LogP contribution in [0.1, 0.15) is 59.8 Å². The Balaban J connectivity index is 1.58. The molecule has 1 aromatic rings. The van der Waals surface area contributed by atoms with Gasteiger partial charge in [-0.15, -0.1) is 0 Å². The van der Waals surface area contributed by atoms with E-state index in [-0.39, 0.29) is 19.1 Å². The lowest BCUT2D eigenvalue weighted by atomic mass is 9.85. The van der Waals surface area contributed by atoms with E-state index >= 15 is 0 Å². The molecule has 37 heavy (non-hydrogen) atoms. The average molecular weight is 536 g/mol. The topological polar surface area (TPSA) is 125 Å². The molecule has 3 amide bonds. The summed E-state index contributed by atoms with van der Waals surface area (Å²) in [5, 5.41) is 13.1. The number of likely N-dealkylation sites (tertiary alicyclic amines) is 1. The van der Waals surface area contributed by atoms with Crippen molar-refractivity contribution < 1.29 is 33.8 Å². The Kier molecular flexibility index (Phi) is 7.34. The molecule has 4 atom stereocenters. The molecule has 2 saturated heterocycles. The smallest absolute Gasteiger partial charge is 0.415 e. The molecule has 3 fully saturated rings. The van der Waals surface area contributed by atoms with Gasteiger partial charge in [-0.2, -0.15) is 0 Å². The Morgan fingerprint density at radius 3 is 2.51 bits per heavy atom. The Labute approximate surface area is 221 Å². The van der Waals surface area contributed by atoms with E-state index < -0.39 is 53.2 Å². The van der Waals surface area contributed by atoms with Crippen LogP contribution in [-0.4, -0.2) is 70.4 Å². The lowest BCUT2D eigenvalue weighted by Crippen LogP contribution is -2.57. The van der Waals surface area contributed by atoms with E-state index in [9.17, 15) is 24.3 Å². The number of carbonyl (C=O) groups is 4. The lowest BCUT2D eigenvalue weighted by Gasteiger charge is -2.35. The Morgan fingerprint density at radius 2 is 1.92 bits per heavy atom. The normalized spacial score (nSPS) is 26.9. The van der Waals surface area contributed by atoms with E-state index in [2.05, 4.69) is 5.32 Å². The number of nitrogens with zero attached hydrogens (tertiary/aromatic N) is 2. The number of halogens is 1. The van der Waals surface area contributed by atoms with Crippen molar-refractivity contribution in [2.45, 2.75) is 89.6 Å². The van der Waals surface area contributed by atoms with Crippen molar-refractivity contribution in [2.75, 3.05) is 11.4 Å². The first kappa shape index (κ1) is 27.0. The number of carboxylic acid groups (broad SMARTS) is 1. The number of ether oxygens (including phenoxy) is 2. The standard InChI is InChI=1S/C26H34ClN3O7/c1-15-26(37-24(35)30(15)17-9-7-8-16(27)12-17)13-19(22(32)33)29(14-26)21(31)20(25(2,3)4)28-23(34)36-18-10-5-6-11-18/h7-9,12,15,18-20H,5-6,10-11,13-14H2,1-4H3,(H,28,34)(H,32,33)/t15?,19-,20+,26-/m0/s1. The number of hydrogen-bond acceptors (Lipinski definition) is 6. The van der Waals surface area contributed by atoms with Gasteiger partial charge in [-0.05, 0) is 56.2 Å². The number of benzene rings is 1. The van der Waals surface area contributed by atoms with Crippen LogP contribution in [-0.2, 0) is 19.1 Å². The first-order chi connectivity index (χ1) is 17.3.